The van der Waals surface area contributed by atoms with Gasteiger partial charge in [-0.15, -0.1) is 0 Å². The van der Waals surface area contributed by atoms with E-state index in [-0.39, 0.29) is 11.1 Å². The van der Waals surface area contributed by atoms with Crippen LogP contribution in [0.4, 0.5) is 5.69 Å². The molecule has 0 bridgehead atoms. The number of rotatable bonds is 5. The van der Waals surface area contributed by atoms with E-state index in [9.17, 15) is 19.7 Å². The van der Waals surface area contributed by atoms with E-state index < -0.39 is 22.4 Å². The minimum atomic E-state index is -0.996. The normalized spacial score (nSPS) is 9.83. The number of carbonyl (C=O) groups excluding carboxylic acids is 2. The molecule has 0 aliphatic heterocycles. The van der Waals surface area contributed by atoms with Gasteiger partial charge < -0.3 is 11.1 Å². The van der Waals surface area contributed by atoms with E-state index in [4.69, 9.17) is 5.73 Å². The zero-order valence-electron chi connectivity index (χ0n) is 9.80. The van der Waals surface area contributed by atoms with E-state index in [1.165, 1.54) is 12.1 Å². The standard InChI is InChI=1S/C11H13N3O4/c1-2-6-13-11(16)7-4-3-5-8(14(17)18)9(7)10(12)15/h3-5H,2,6H2,1H3,(H2,12,15)(H,13,16). The first-order valence-corrected chi connectivity index (χ1v) is 5.34. The molecule has 2 amide bonds. The van der Waals surface area contributed by atoms with Gasteiger partial charge in [0.15, 0.2) is 0 Å². The number of nitrogens with two attached hydrogens (primary N) is 1. The second kappa shape index (κ2) is 5.76. The largest absolute Gasteiger partial charge is 0.365 e. The molecular formula is C11H13N3O4. The van der Waals surface area contributed by atoms with E-state index in [1.54, 1.807) is 0 Å². The first-order valence-electron chi connectivity index (χ1n) is 5.34. The van der Waals surface area contributed by atoms with Crippen LogP contribution in [-0.4, -0.2) is 23.3 Å². The first-order chi connectivity index (χ1) is 8.49. The van der Waals surface area contributed by atoms with Crippen LogP contribution >= 0.6 is 0 Å². The van der Waals surface area contributed by atoms with Crippen LogP contribution in [0.3, 0.4) is 0 Å². The Kier molecular flexibility index (Phi) is 4.36. The Labute approximate surface area is 103 Å². The van der Waals surface area contributed by atoms with E-state index in [0.29, 0.717) is 13.0 Å². The van der Waals surface area contributed by atoms with Gasteiger partial charge in [0.05, 0.1) is 10.5 Å². The minimum Gasteiger partial charge on any atom is -0.365 e. The number of carbonyl (C=O) groups is 2. The third kappa shape index (κ3) is 2.82. The summed E-state index contributed by atoms with van der Waals surface area (Å²) >= 11 is 0. The lowest BCUT2D eigenvalue weighted by molar-refractivity contribution is -0.385. The van der Waals surface area contributed by atoms with Crippen molar-refractivity contribution in [3.8, 4) is 0 Å². The highest BCUT2D eigenvalue weighted by Gasteiger charge is 2.25. The van der Waals surface area contributed by atoms with Crippen LogP contribution in [0.15, 0.2) is 18.2 Å². The number of amides is 2. The van der Waals surface area contributed by atoms with Crippen LogP contribution < -0.4 is 11.1 Å². The van der Waals surface area contributed by atoms with Gasteiger partial charge in [0.2, 0.25) is 0 Å². The number of nitrogens with one attached hydrogen (secondary N) is 1. The van der Waals surface area contributed by atoms with Crippen LogP contribution in [0.25, 0.3) is 0 Å². The molecule has 1 aromatic carbocycles. The summed E-state index contributed by atoms with van der Waals surface area (Å²) in [5.41, 5.74) is 4.19. The molecule has 0 saturated carbocycles. The highest BCUT2D eigenvalue weighted by molar-refractivity contribution is 6.09. The summed E-state index contributed by atoms with van der Waals surface area (Å²) in [5, 5.41) is 13.3. The van der Waals surface area contributed by atoms with E-state index in [0.717, 1.165) is 6.07 Å². The Morgan fingerprint density at radius 3 is 2.61 bits per heavy atom. The fraction of sp³-hybridized carbons (Fsp3) is 0.273. The van der Waals surface area contributed by atoms with Crippen molar-refractivity contribution in [1.29, 1.82) is 0 Å². The zero-order valence-corrected chi connectivity index (χ0v) is 9.80. The van der Waals surface area contributed by atoms with E-state index in [2.05, 4.69) is 5.32 Å². The zero-order chi connectivity index (χ0) is 13.7. The SMILES string of the molecule is CCCNC(=O)c1cccc([N+](=O)[O-])c1C(N)=O. The van der Waals surface area contributed by atoms with Crippen molar-refractivity contribution in [3.63, 3.8) is 0 Å². The molecule has 0 unspecified atom stereocenters. The fourth-order valence-electron chi connectivity index (χ4n) is 1.47. The molecule has 1 aromatic rings. The molecule has 0 radical (unpaired) electrons. The van der Waals surface area contributed by atoms with Gasteiger partial charge in [0.1, 0.15) is 5.56 Å². The smallest absolute Gasteiger partial charge is 0.282 e. The maximum atomic E-state index is 11.8. The van der Waals surface area contributed by atoms with Gasteiger partial charge in [-0.3, -0.25) is 19.7 Å². The predicted molar refractivity (Wildman–Crippen MR) is 64.2 cm³/mol. The lowest BCUT2D eigenvalue weighted by atomic mass is 10.0. The molecular weight excluding hydrogens is 238 g/mol. The molecule has 0 spiro atoms. The summed E-state index contributed by atoms with van der Waals surface area (Å²) < 4.78 is 0. The van der Waals surface area contributed by atoms with Crippen LogP contribution in [0.1, 0.15) is 34.1 Å². The van der Waals surface area contributed by atoms with Gasteiger partial charge in [-0.25, -0.2) is 0 Å². The van der Waals surface area contributed by atoms with Crippen LogP contribution in [-0.2, 0) is 0 Å². The number of nitrogens with zero attached hydrogens (tertiary/aromatic N) is 1. The van der Waals surface area contributed by atoms with Crippen molar-refractivity contribution in [2.45, 2.75) is 13.3 Å². The number of benzene rings is 1. The van der Waals surface area contributed by atoms with Crippen molar-refractivity contribution < 1.29 is 14.5 Å². The number of nitro benzene ring substituents is 1. The molecule has 0 heterocycles. The van der Waals surface area contributed by atoms with Gasteiger partial charge in [-0.2, -0.15) is 0 Å². The van der Waals surface area contributed by atoms with Crippen molar-refractivity contribution >= 4 is 17.5 Å². The number of primary amides is 1. The molecule has 0 fully saturated rings. The third-order valence-corrected chi connectivity index (χ3v) is 2.27. The molecule has 0 aliphatic carbocycles. The highest BCUT2D eigenvalue weighted by Crippen LogP contribution is 2.21. The minimum absolute atomic E-state index is 0.0786. The molecule has 7 heteroatoms. The van der Waals surface area contributed by atoms with E-state index >= 15 is 0 Å². The van der Waals surface area contributed by atoms with Crippen LogP contribution in [0, 0.1) is 10.1 Å². The van der Waals surface area contributed by atoms with Crippen LogP contribution in [0.5, 0.6) is 0 Å². The quantitative estimate of drug-likeness (QED) is 0.595. The topological polar surface area (TPSA) is 115 Å². The lowest BCUT2D eigenvalue weighted by Crippen LogP contribution is -2.28. The maximum absolute atomic E-state index is 11.8. The van der Waals surface area contributed by atoms with Crippen molar-refractivity contribution in [2.24, 2.45) is 5.73 Å². The lowest BCUT2D eigenvalue weighted by Gasteiger charge is -2.07. The fourth-order valence-corrected chi connectivity index (χ4v) is 1.47. The third-order valence-electron chi connectivity index (χ3n) is 2.27. The predicted octanol–water partition coefficient (Wildman–Crippen LogP) is 0.834. The maximum Gasteiger partial charge on any atom is 0.282 e. The number of nitro groups is 1. The van der Waals surface area contributed by atoms with Gasteiger partial charge in [0, 0.05) is 12.6 Å². The van der Waals surface area contributed by atoms with Crippen molar-refractivity contribution in [1.82, 2.24) is 5.32 Å². The molecule has 0 aliphatic rings. The summed E-state index contributed by atoms with van der Waals surface area (Å²) in [6.45, 7) is 2.28. The summed E-state index contributed by atoms with van der Waals surface area (Å²) in [7, 11) is 0. The highest BCUT2D eigenvalue weighted by atomic mass is 16.6. The molecule has 96 valence electrons. The van der Waals surface area contributed by atoms with Gasteiger partial charge in [0.25, 0.3) is 17.5 Å². The van der Waals surface area contributed by atoms with Gasteiger partial charge in [-0.1, -0.05) is 13.0 Å². The molecule has 0 saturated heterocycles. The summed E-state index contributed by atoms with van der Waals surface area (Å²) in [5.74, 6) is -1.54. The Bertz CT molecular complexity index is 499. The number of hydrogen-bond donors (Lipinski definition) is 2. The average molecular weight is 251 g/mol. The molecule has 1 rings (SSSR count). The van der Waals surface area contributed by atoms with Gasteiger partial charge in [-0.05, 0) is 12.5 Å². The Morgan fingerprint density at radius 2 is 2.11 bits per heavy atom. The van der Waals surface area contributed by atoms with Crippen molar-refractivity contribution in [3.05, 3.63) is 39.4 Å². The van der Waals surface area contributed by atoms with E-state index in [1.807, 2.05) is 6.92 Å². The number of hydrogen-bond acceptors (Lipinski definition) is 4. The monoisotopic (exact) mass is 251 g/mol. The first kappa shape index (κ1) is 13.6. The summed E-state index contributed by atoms with van der Waals surface area (Å²) in [6.07, 6.45) is 0.715. The summed E-state index contributed by atoms with van der Waals surface area (Å²) in [6, 6.07) is 3.81. The molecule has 0 aromatic heterocycles. The van der Waals surface area contributed by atoms with Crippen molar-refractivity contribution in [2.75, 3.05) is 6.54 Å². The Balaban J connectivity index is 3.27. The second-order valence-electron chi connectivity index (χ2n) is 3.58. The molecule has 0 atom stereocenters. The van der Waals surface area contributed by atoms with Gasteiger partial charge >= 0.3 is 0 Å². The Hall–Kier alpha value is -2.44. The second-order valence-corrected chi connectivity index (χ2v) is 3.58. The molecule has 18 heavy (non-hydrogen) atoms. The molecule has 3 N–H and O–H groups in total. The van der Waals surface area contributed by atoms with Crippen LogP contribution in [0.2, 0.25) is 0 Å². The molecule has 7 nitrogen and oxygen atoms in total. The average Bonchev–Trinajstić information content (AvgIpc) is 2.34. The Morgan fingerprint density at radius 1 is 1.44 bits per heavy atom. The summed E-state index contributed by atoms with van der Waals surface area (Å²) in [4.78, 5) is 33.1.